The topological polar surface area (TPSA) is 47.8 Å². The number of rotatable bonds is 3. The van der Waals surface area contributed by atoms with Crippen molar-refractivity contribution in [3.63, 3.8) is 0 Å². The van der Waals surface area contributed by atoms with E-state index in [0.717, 1.165) is 36.1 Å². The number of halogens is 1. The summed E-state index contributed by atoms with van der Waals surface area (Å²) in [5.41, 5.74) is 3.24. The number of carbonyl (C=O) groups excluding carboxylic acids is 1. The summed E-state index contributed by atoms with van der Waals surface area (Å²) in [4.78, 5) is 11.1. The normalized spacial score (nSPS) is 15.3. The second kappa shape index (κ2) is 4.78. The Morgan fingerprint density at radius 1 is 1.42 bits per heavy atom. The van der Waals surface area contributed by atoms with E-state index < -0.39 is 0 Å². The molecular weight excluding hydrogens is 262 g/mol. The van der Waals surface area contributed by atoms with E-state index in [1.165, 1.54) is 6.42 Å². The molecule has 2 aromatic rings. The molecule has 1 aliphatic carbocycles. The highest BCUT2D eigenvalue weighted by Crippen LogP contribution is 2.38. The maximum Gasteiger partial charge on any atom is 0.172 e. The van der Waals surface area contributed by atoms with Crippen LogP contribution < -0.4 is 0 Å². The Bertz CT molecular complexity index is 632. The van der Waals surface area contributed by atoms with Crippen molar-refractivity contribution in [1.29, 1.82) is 0 Å². The number of aryl methyl sites for hydroxylation is 1. The van der Waals surface area contributed by atoms with Crippen molar-refractivity contribution >= 4 is 17.9 Å². The van der Waals surface area contributed by atoms with E-state index in [0.29, 0.717) is 16.6 Å². The predicted octanol–water partition coefficient (Wildman–Crippen LogP) is 3.31. The molecule has 1 aliphatic rings. The van der Waals surface area contributed by atoms with Gasteiger partial charge in [0, 0.05) is 10.9 Å². The summed E-state index contributed by atoms with van der Waals surface area (Å²) in [7, 11) is 0. The zero-order valence-corrected chi connectivity index (χ0v) is 11.4. The van der Waals surface area contributed by atoms with Crippen LogP contribution in [0.1, 0.15) is 46.9 Å². The Morgan fingerprint density at radius 2 is 2.21 bits per heavy atom. The Hall–Kier alpha value is -1.68. The van der Waals surface area contributed by atoms with Gasteiger partial charge in [0.1, 0.15) is 5.69 Å². The highest BCUT2D eigenvalue weighted by atomic mass is 35.5. The Morgan fingerprint density at radius 3 is 2.79 bits per heavy atom. The van der Waals surface area contributed by atoms with Crippen molar-refractivity contribution in [2.45, 2.75) is 32.1 Å². The molecule has 0 amide bonds. The van der Waals surface area contributed by atoms with Crippen LogP contribution >= 0.6 is 11.6 Å². The molecule has 0 N–H and O–H groups in total. The summed E-state index contributed by atoms with van der Waals surface area (Å²) in [6.45, 7) is 1.96. The molecule has 4 nitrogen and oxygen atoms in total. The second-order valence-electron chi connectivity index (χ2n) is 4.95. The van der Waals surface area contributed by atoms with Gasteiger partial charge in [-0.2, -0.15) is 0 Å². The number of carbonyl (C=O) groups is 1. The SMILES string of the molecule is Cc1ccc(-n2nnc(C=O)c2C2CCC2)cc1Cl. The summed E-state index contributed by atoms with van der Waals surface area (Å²) in [5.74, 6) is 0.385. The summed E-state index contributed by atoms with van der Waals surface area (Å²) < 4.78 is 1.75. The lowest BCUT2D eigenvalue weighted by atomic mass is 9.82. The van der Waals surface area contributed by atoms with Crippen molar-refractivity contribution in [1.82, 2.24) is 15.0 Å². The largest absolute Gasteiger partial charge is 0.296 e. The van der Waals surface area contributed by atoms with Crippen molar-refractivity contribution in [3.05, 3.63) is 40.2 Å². The molecule has 0 bridgehead atoms. The molecule has 98 valence electrons. The van der Waals surface area contributed by atoms with E-state index in [1.54, 1.807) is 4.68 Å². The van der Waals surface area contributed by atoms with Crippen LogP contribution in [0.5, 0.6) is 0 Å². The Kier molecular flexibility index (Phi) is 3.11. The summed E-state index contributed by atoms with van der Waals surface area (Å²) >= 11 is 6.15. The highest BCUT2D eigenvalue weighted by molar-refractivity contribution is 6.31. The quantitative estimate of drug-likeness (QED) is 0.808. The Labute approximate surface area is 116 Å². The lowest BCUT2D eigenvalue weighted by molar-refractivity contribution is 0.111. The molecule has 0 radical (unpaired) electrons. The average Bonchev–Trinajstić information content (AvgIpc) is 2.74. The van der Waals surface area contributed by atoms with Gasteiger partial charge in [-0.05, 0) is 37.5 Å². The fraction of sp³-hybridized carbons (Fsp3) is 0.357. The number of aldehydes is 1. The van der Waals surface area contributed by atoms with E-state index in [1.807, 2.05) is 25.1 Å². The van der Waals surface area contributed by atoms with Crippen LogP contribution in [0.15, 0.2) is 18.2 Å². The van der Waals surface area contributed by atoms with Gasteiger partial charge in [0.15, 0.2) is 6.29 Å². The number of benzene rings is 1. The van der Waals surface area contributed by atoms with Gasteiger partial charge < -0.3 is 0 Å². The molecule has 1 aromatic heterocycles. The molecule has 19 heavy (non-hydrogen) atoms. The summed E-state index contributed by atoms with van der Waals surface area (Å²) in [6.07, 6.45) is 4.16. The van der Waals surface area contributed by atoms with Gasteiger partial charge in [-0.15, -0.1) is 5.10 Å². The summed E-state index contributed by atoms with van der Waals surface area (Å²) in [6, 6.07) is 5.76. The van der Waals surface area contributed by atoms with E-state index in [4.69, 9.17) is 11.6 Å². The van der Waals surface area contributed by atoms with Crippen molar-refractivity contribution in [2.24, 2.45) is 0 Å². The molecular formula is C14H14ClN3O. The van der Waals surface area contributed by atoms with Crippen LogP contribution in [0.25, 0.3) is 5.69 Å². The minimum Gasteiger partial charge on any atom is -0.296 e. The number of hydrogen-bond acceptors (Lipinski definition) is 3. The smallest absolute Gasteiger partial charge is 0.172 e. The number of hydrogen-bond donors (Lipinski definition) is 0. The molecule has 1 fully saturated rings. The minimum atomic E-state index is 0.385. The molecule has 0 unspecified atom stereocenters. The highest BCUT2D eigenvalue weighted by Gasteiger charge is 2.28. The number of nitrogens with zero attached hydrogens (tertiary/aromatic N) is 3. The second-order valence-corrected chi connectivity index (χ2v) is 5.36. The Balaban J connectivity index is 2.11. The molecule has 0 spiro atoms. The fourth-order valence-electron chi connectivity index (χ4n) is 2.35. The van der Waals surface area contributed by atoms with Crippen LogP contribution in [0.4, 0.5) is 0 Å². The minimum absolute atomic E-state index is 0.385. The van der Waals surface area contributed by atoms with Crippen molar-refractivity contribution in [3.8, 4) is 5.69 Å². The zero-order chi connectivity index (χ0) is 13.4. The molecule has 1 saturated carbocycles. The van der Waals surface area contributed by atoms with Crippen molar-refractivity contribution in [2.75, 3.05) is 0 Å². The first-order valence-corrected chi connectivity index (χ1v) is 6.76. The maximum atomic E-state index is 11.1. The predicted molar refractivity (Wildman–Crippen MR) is 73.1 cm³/mol. The summed E-state index contributed by atoms with van der Waals surface area (Å²) in [5, 5.41) is 8.77. The zero-order valence-electron chi connectivity index (χ0n) is 10.6. The first kappa shape index (κ1) is 12.4. The average molecular weight is 276 g/mol. The van der Waals surface area contributed by atoms with Crippen molar-refractivity contribution < 1.29 is 4.79 Å². The van der Waals surface area contributed by atoms with E-state index in [2.05, 4.69) is 10.3 Å². The van der Waals surface area contributed by atoms with Gasteiger partial charge >= 0.3 is 0 Å². The monoisotopic (exact) mass is 275 g/mol. The number of aromatic nitrogens is 3. The molecule has 1 heterocycles. The van der Waals surface area contributed by atoms with Gasteiger partial charge in [-0.1, -0.05) is 29.3 Å². The molecule has 1 aromatic carbocycles. The lowest BCUT2D eigenvalue weighted by Gasteiger charge is -2.26. The van der Waals surface area contributed by atoms with Gasteiger partial charge in [0.25, 0.3) is 0 Å². The van der Waals surface area contributed by atoms with Gasteiger partial charge in [-0.3, -0.25) is 4.79 Å². The molecule has 0 atom stereocenters. The lowest BCUT2D eigenvalue weighted by Crippen LogP contribution is -2.15. The maximum absolute atomic E-state index is 11.1. The third-order valence-electron chi connectivity index (χ3n) is 3.74. The van der Waals surface area contributed by atoms with E-state index in [9.17, 15) is 4.79 Å². The fourth-order valence-corrected chi connectivity index (χ4v) is 2.53. The van der Waals surface area contributed by atoms with Gasteiger partial charge in [0.05, 0.1) is 11.4 Å². The molecule has 3 rings (SSSR count). The van der Waals surface area contributed by atoms with Crippen LogP contribution in [0.2, 0.25) is 5.02 Å². The molecule has 5 heteroatoms. The van der Waals surface area contributed by atoms with Crippen LogP contribution in [0, 0.1) is 6.92 Å². The van der Waals surface area contributed by atoms with Gasteiger partial charge in [0.2, 0.25) is 0 Å². The molecule has 0 saturated heterocycles. The van der Waals surface area contributed by atoms with Crippen LogP contribution in [-0.2, 0) is 0 Å². The standard InChI is InChI=1S/C14H14ClN3O/c1-9-5-6-11(7-12(9)15)18-14(10-3-2-4-10)13(8-19)16-17-18/h5-8,10H,2-4H2,1H3. The third kappa shape index (κ3) is 2.06. The van der Waals surface area contributed by atoms with Crippen LogP contribution in [0.3, 0.4) is 0 Å². The van der Waals surface area contributed by atoms with E-state index in [-0.39, 0.29) is 0 Å². The first-order valence-electron chi connectivity index (χ1n) is 6.38. The van der Waals surface area contributed by atoms with Crippen LogP contribution in [-0.4, -0.2) is 21.3 Å². The van der Waals surface area contributed by atoms with E-state index >= 15 is 0 Å². The first-order chi connectivity index (χ1) is 9.20. The van der Waals surface area contributed by atoms with Gasteiger partial charge in [-0.25, -0.2) is 4.68 Å². The molecule has 0 aliphatic heterocycles. The third-order valence-corrected chi connectivity index (χ3v) is 4.14.